The lowest BCUT2D eigenvalue weighted by atomic mass is 10.1. The molecule has 3 rings (SSSR count). The Morgan fingerprint density at radius 1 is 0.885 bits per heavy atom. The second-order valence-corrected chi connectivity index (χ2v) is 6.90. The van der Waals surface area contributed by atoms with Crippen LogP contribution in [0.25, 0.3) is 0 Å². The van der Waals surface area contributed by atoms with Gasteiger partial charge in [0.2, 0.25) is 11.8 Å². The van der Waals surface area contributed by atoms with Crippen LogP contribution in [0.2, 0.25) is 0 Å². The van der Waals surface area contributed by atoms with Crippen LogP contribution < -0.4 is 21.5 Å². The third-order valence-corrected chi connectivity index (χ3v) is 4.82. The molecule has 12 heteroatoms. The monoisotopic (exact) mass is 392 g/mol. The number of amidine groups is 2. The molecule has 0 unspecified atom stereocenters. The van der Waals surface area contributed by atoms with E-state index in [0.717, 1.165) is 0 Å². The average Bonchev–Trinajstić information content (AvgIpc) is 3.25. The van der Waals surface area contributed by atoms with Crippen molar-refractivity contribution in [1.82, 2.24) is 21.5 Å². The fourth-order valence-electron chi connectivity index (χ4n) is 1.91. The molecule has 2 heterocycles. The molecule has 0 bridgehead atoms. The highest BCUT2D eigenvalue weighted by Gasteiger charge is 2.18. The number of hydrazone groups is 2. The quantitative estimate of drug-likeness (QED) is 0.505. The summed E-state index contributed by atoms with van der Waals surface area (Å²) in [6.07, 6.45) is 0. The molecule has 0 radical (unpaired) electrons. The van der Waals surface area contributed by atoms with Crippen molar-refractivity contribution in [2.75, 3.05) is 11.5 Å². The first-order valence-corrected chi connectivity index (χ1v) is 9.20. The van der Waals surface area contributed by atoms with Crippen LogP contribution in [0.3, 0.4) is 0 Å². The molecule has 4 N–H and O–H groups in total. The molecule has 4 amide bonds. The molecule has 0 spiro atoms. The number of nitrogens with zero attached hydrogens (tertiary/aromatic N) is 2. The van der Waals surface area contributed by atoms with Crippen molar-refractivity contribution in [3.8, 4) is 0 Å². The maximum Gasteiger partial charge on any atom is 0.271 e. The summed E-state index contributed by atoms with van der Waals surface area (Å²) in [4.78, 5) is 46.3. The molecule has 134 valence electrons. The molecule has 10 nitrogen and oxygen atoms in total. The minimum atomic E-state index is -0.529. The van der Waals surface area contributed by atoms with E-state index in [-0.39, 0.29) is 34.4 Å². The number of thioether (sulfide) groups is 2. The van der Waals surface area contributed by atoms with Gasteiger partial charge in [-0.25, -0.2) is 10.9 Å². The first kappa shape index (κ1) is 17.9. The molecule has 2 aliphatic rings. The summed E-state index contributed by atoms with van der Waals surface area (Å²) < 4.78 is 0. The Balaban J connectivity index is 1.61. The van der Waals surface area contributed by atoms with Crippen LogP contribution in [-0.4, -0.2) is 45.5 Å². The highest BCUT2D eigenvalue weighted by molar-refractivity contribution is 8.15. The summed E-state index contributed by atoms with van der Waals surface area (Å²) in [5, 5.41) is 13.2. The molecule has 26 heavy (non-hydrogen) atoms. The molecule has 0 aromatic heterocycles. The average molecular weight is 392 g/mol. The van der Waals surface area contributed by atoms with Gasteiger partial charge in [-0.15, -0.1) is 10.2 Å². The lowest BCUT2D eigenvalue weighted by Gasteiger charge is -2.04. The first-order valence-electron chi connectivity index (χ1n) is 7.22. The molecular weight excluding hydrogens is 380 g/mol. The van der Waals surface area contributed by atoms with Gasteiger partial charge < -0.3 is 10.6 Å². The number of carbonyl (C=O) groups excluding carboxylic acids is 4. The van der Waals surface area contributed by atoms with Gasteiger partial charge in [-0.05, 0) is 18.2 Å². The van der Waals surface area contributed by atoms with Crippen LogP contribution >= 0.6 is 23.5 Å². The van der Waals surface area contributed by atoms with Crippen LogP contribution in [0.15, 0.2) is 34.5 Å². The van der Waals surface area contributed by atoms with Gasteiger partial charge in [-0.2, -0.15) is 0 Å². The second-order valence-electron chi connectivity index (χ2n) is 4.97. The third kappa shape index (κ3) is 4.61. The zero-order valence-electron chi connectivity index (χ0n) is 13.1. The van der Waals surface area contributed by atoms with Crippen molar-refractivity contribution in [2.24, 2.45) is 10.2 Å². The number of hydrogen-bond donors (Lipinski definition) is 4. The van der Waals surface area contributed by atoms with E-state index in [1.165, 1.54) is 41.7 Å². The Morgan fingerprint density at radius 2 is 1.35 bits per heavy atom. The van der Waals surface area contributed by atoms with Gasteiger partial charge in [0, 0.05) is 11.1 Å². The SMILES string of the molecule is O=C1CS/C(=N\NC(=O)c2cccc(C(=O)N/N=C3\NC(=O)CS3)c2)N1. The zero-order chi connectivity index (χ0) is 18.5. The fraction of sp³-hybridized carbons (Fsp3) is 0.143. The minimum Gasteiger partial charge on any atom is -0.303 e. The number of amides is 4. The Morgan fingerprint density at radius 3 is 1.73 bits per heavy atom. The number of hydrogen-bond acceptors (Lipinski definition) is 8. The molecule has 1 aromatic carbocycles. The van der Waals surface area contributed by atoms with Crippen molar-refractivity contribution >= 4 is 57.5 Å². The second kappa shape index (κ2) is 8.01. The van der Waals surface area contributed by atoms with Gasteiger partial charge in [0.05, 0.1) is 11.5 Å². The minimum absolute atomic E-state index is 0.181. The van der Waals surface area contributed by atoms with Crippen molar-refractivity contribution in [3.63, 3.8) is 0 Å². The first-order chi connectivity index (χ1) is 12.5. The summed E-state index contributed by atoms with van der Waals surface area (Å²) >= 11 is 2.36. The lowest BCUT2D eigenvalue weighted by molar-refractivity contribution is -0.117. The Kier molecular flexibility index (Phi) is 5.53. The van der Waals surface area contributed by atoms with Gasteiger partial charge in [0.1, 0.15) is 0 Å². The van der Waals surface area contributed by atoms with E-state index in [1.807, 2.05) is 0 Å². The number of nitrogens with one attached hydrogen (secondary N) is 4. The molecule has 2 aliphatic heterocycles. The van der Waals surface area contributed by atoms with E-state index in [9.17, 15) is 19.2 Å². The summed E-state index contributed by atoms with van der Waals surface area (Å²) in [6.45, 7) is 0. The number of rotatable bonds is 4. The van der Waals surface area contributed by atoms with Gasteiger partial charge in [0.25, 0.3) is 11.8 Å². The number of benzene rings is 1. The maximum atomic E-state index is 12.1. The predicted molar refractivity (Wildman–Crippen MR) is 97.4 cm³/mol. The van der Waals surface area contributed by atoms with E-state index >= 15 is 0 Å². The zero-order valence-corrected chi connectivity index (χ0v) is 14.7. The molecule has 2 fully saturated rings. The summed E-state index contributed by atoms with van der Waals surface area (Å²) in [5.74, 6) is -0.908. The van der Waals surface area contributed by atoms with Crippen LogP contribution in [-0.2, 0) is 9.59 Å². The highest BCUT2D eigenvalue weighted by atomic mass is 32.2. The predicted octanol–water partition coefficient (Wildman–Crippen LogP) is -0.586. The molecular formula is C14H12N6O4S2. The molecule has 0 aliphatic carbocycles. The highest BCUT2D eigenvalue weighted by Crippen LogP contribution is 2.10. The maximum absolute atomic E-state index is 12.1. The lowest BCUT2D eigenvalue weighted by Crippen LogP contribution is -2.26. The summed E-state index contributed by atoms with van der Waals surface area (Å²) in [5.41, 5.74) is 5.06. The van der Waals surface area contributed by atoms with Gasteiger partial charge >= 0.3 is 0 Å². The standard InChI is InChI=1S/C14H12N6O4S2/c21-9-5-25-13(15-9)19-17-11(23)7-2-1-3-8(4-7)12(24)18-20-14-16-10(22)6-26-14/h1-4H,5-6H2,(H,17,23)(H,18,24)(H,15,19,21)(H,16,20,22). The fourth-order valence-corrected chi connectivity index (χ4v) is 3.18. The van der Waals surface area contributed by atoms with Crippen LogP contribution in [0, 0.1) is 0 Å². The van der Waals surface area contributed by atoms with E-state index in [4.69, 9.17) is 0 Å². The van der Waals surface area contributed by atoms with Crippen LogP contribution in [0.4, 0.5) is 0 Å². The number of carbonyl (C=O) groups is 4. The van der Waals surface area contributed by atoms with Crippen molar-refractivity contribution in [2.45, 2.75) is 0 Å². The topological polar surface area (TPSA) is 141 Å². The molecule has 0 saturated carbocycles. The van der Waals surface area contributed by atoms with Crippen molar-refractivity contribution in [3.05, 3.63) is 35.4 Å². The summed E-state index contributed by atoms with van der Waals surface area (Å²) in [7, 11) is 0. The van der Waals surface area contributed by atoms with Crippen LogP contribution in [0.1, 0.15) is 20.7 Å². The van der Waals surface area contributed by atoms with Crippen molar-refractivity contribution < 1.29 is 19.2 Å². The van der Waals surface area contributed by atoms with E-state index in [0.29, 0.717) is 10.3 Å². The van der Waals surface area contributed by atoms with E-state index in [1.54, 1.807) is 6.07 Å². The van der Waals surface area contributed by atoms with Crippen LogP contribution in [0.5, 0.6) is 0 Å². The van der Waals surface area contributed by atoms with Gasteiger partial charge in [-0.1, -0.05) is 29.6 Å². The largest absolute Gasteiger partial charge is 0.303 e. The van der Waals surface area contributed by atoms with Gasteiger partial charge in [0.15, 0.2) is 10.3 Å². The smallest absolute Gasteiger partial charge is 0.271 e. The Hall–Kier alpha value is -2.86. The molecule has 2 saturated heterocycles. The van der Waals surface area contributed by atoms with Crippen molar-refractivity contribution in [1.29, 1.82) is 0 Å². The molecule has 0 atom stereocenters. The Labute approximate surface area is 155 Å². The third-order valence-electron chi connectivity index (χ3n) is 3.08. The molecule has 1 aromatic rings. The Bertz CT molecular complexity index is 788. The summed E-state index contributed by atoms with van der Waals surface area (Å²) in [6, 6.07) is 5.96. The van der Waals surface area contributed by atoms with E-state index in [2.05, 4.69) is 31.7 Å². The van der Waals surface area contributed by atoms with Gasteiger partial charge in [-0.3, -0.25) is 19.2 Å². The van der Waals surface area contributed by atoms with E-state index < -0.39 is 11.8 Å². The normalized spacial score (nSPS) is 19.4.